The molecule has 0 saturated heterocycles. The number of nitrogens with two attached hydrogens (primary N) is 1. The van der Waals surface area contributed by atoms with Crippen LogP contribution in [-0.4, -0.2) is 9.97 Å². The molecule has 22 heavy (non-hydrogen) atoms. The van der Waals surface area contributed by atoms with Gasteiger partial charge in [0.2, 0.25) is 5.89 Å². The monoisotopic (exact) mass is 337 g/mol. The number of aromatic nitrogens is 2. The van der Waals surface area contributed by atoms with Crippen molar-refractivity contribution < 1.29 is 22.0 Å². The van der Waals surface area contributed by atoms with Crippen LogP contribution in [0.4, 0.5) is 17.6 Å². The molecule has 2 N–H and O–H groups in total. The fourth-order valence-corrected chi connectivity index (χ4v) is 2.32. The first-order chi connectivity index (χ1) is 9.86. The minimum Gasteiger partial charge on any atom is -0.441 e. The summed E-state index contributed by atoms with van der Waals surface area (Å²) in [6, 6.07) is 0.260. The van der Waals surface area contributed by atoms with Crippen molar-refractivity contribution >= 4 is 12.4 Å². The molecule has 0 unspecified atom stereocenters. The number of oxazole rings is 1. The van der Waals surface area contributed by atoms with Crippen molar-refractivity contribution in [1.82, 2.24) is 9.97 Å². The molecule has 9 heteroatoms. The predicted octanol–water partition coefficient (Wildman–Crippen LogP) is 3.65. The van der Waals surface area contributed by atoms with Gasteiger partial charge in [-0.1, -0.05) is 0 Å². The number of fused-ring (bicyclic) bond motifs is 1. The molecule has 0 spiro atoms. The highest BCUT2D eigenvalue weighted by Gasteiger charge is 2.34. The summed E-state index contributed by atoms with van der Waals surface area (Å²) in [7, 11) is 0. The van der Waals surface area contributed by atoms with Gasteiger partial charge in [0, 0.05) is 6.42 Å². The normalized spacial score (nSPS) is 17.8. The zero-order valence-electron chi connectivity index (χ0n) is 11.2. The number of rotatable bonds is 1. The molecule has 0 bridgehead atoms. The topological polar surface area (TPSA) is 64.9 Å². The van der Waals surface area contributed by atoms with E-state index in [1.807, 2.05) is 0 Å². The Kier molecular flexibility index (Phi) is 4.44. The Morgan fingerprint density at radius 1 is 1.32 bits per heavy atom. The lowest BCUT2D eigenvalue weighted by Crippen LogP contribution is -2.16. The SMILES string of the molecule is Cl.N[C@H]1CCCc2oc(-c3cc(C(F)(F)F)ncc3F)nc21. The molecule has 2 aromatic heterocycles. The summed E-state index contributed by atoms with van der Waals surface area (Å²) in [5.41, 5.74) is 4.80. The summed E-state index contributed by atoms with van der Waals surface area (Å²) < 4.78 is 57.1. The molecule has 4 nitrogen and oxygen atoms in total. The molecule has 3 rings (SSSR count). The highest BCUT2D eigenvalue weighted by atomic mass is 35.5. The molecule has 1 aliphatic rings. The molecule has 0 saturated carbocycles. The molecule has 0 radical (unpaired) electrons. The van der Waals surface area contributed by atoms with Crippen molar-refractivity contribution in [1.29, 1.82) is 0 Å². The van der Waals surface area contributed by atoms with Crippen LogP contribution in [0.1, 0.15) is 36.0 Å². The van der Waals surface area contributed by atoms with Gasteiger partial charge >= 0.3 is 6.18 Å². The van der Waals surface area contributed by atoms with Gasteiger partial charge in [-0.15, -0.1) is 12.4 Å². The van der Waals surface area contributed by atoms with Crippen LogP contribution in [0.2, 0.25) is 0 Å². The van der Waals surface area contributed by atoms with Crippen LogP contribution in [0.3, 0.4) is 0 Å². The maximum atomic E-state index is 13.7. The van der Waals surface area contributed by atoms with E-state index < -0.39 is 17.7 Å². The van der Waals surface area contributed by atoms with Crippen molar-refractivity contribution in [3.05, 3.63) is 35.2 Å². The van der Waals surface area contributed by atoms with Crippen LogP contribution in [-0.2, 0) is 12.6 Å². The maximum absolute atomic E-state index is 13.7. The Morgan fingerprint density at radius 2 is 2.05 bits per heavy atom. The second-order valence-electron chi connectivity index (χ2n) is 4.87. The van der Waals surface area contributed by atoms with Crippen LogP contribution >= 0.6 is 12.4 Å². The summed E-state index contributed by atoms with van der Waals surface area (Å²) in [6.07, 6.45) is -2.04. The lowest BCUT2D eigenvalue weighted by atomic mass is 9.98. The zero-order chi connectivity index (χ0) is 15.2. The molecule has 120 valence electrons. The van der Waals surface area contributed by atoms with Gasteiger partial charge in [-0.2, -0.15) is 13.2 Å². The van der Waals surface area contributed by atoms with Gasteiger partial charge in [0.1, 0.15) is 11.5 Å². The Balaban J connectivity index is 0.00000176. The minimum absolute atomic E-state index is 0. The van der Waals surface area contributed by atoms with Crippen LogP contribution < -0.4 is 5.73 Å². The van der Waals surface area contributed by atoms with Crippen molar-refractivity contribution in [2.75, 3.05) is 0 Å². The standard InChI is InChI=1S/C13H11F4N3O.ClH/c14-7-5-19-10(13(15,16)17)4-6(7)12-20-11-8(18)2-1-3-9(11)21-12;/h4-5,8H,1-3,18H2;1H/t8-;/m0./s1. The average Bonchev–Trinajstić information content (AvgIpc) is 2.83. The molecule has 0 aliphatic heterocycles. The van der Waals surface area contributed by atoms with Gasteiger partial charge in [0.25, 0.3) is 0 Å². The van der Waals surface area contributed by atoms with Crippen molar-refractivity contribution in [3.63, 3.8) is 0 Å². The number of alkyl halides is 3. The molecule has 2 aromatic rings. The Labute approximate surface area is 129 Å². The lowest BCUT2D eigenvalue weighted by molar-refractivity contribution is -0.141. The zero-order valence-corrected chi connectivity index (χ0v) is 12.0. The van der Waals surface area contributed by atoms with Crippen molar-refractivity contribution in [2.24, 2.45) is 5.73 Å². The van der Waals surface area contributed by atoms with E-state index in [1.54, 1.807) is 0 Å². The maximum Gasteiger partial charge on any atom is 0.433 e. The van der Waals surface area contributed by atoms with Crippen molar-refractivity contribution in [2.45, 2.75) is 31.5 Å². The first-order valence-corrected chi connectivity index (χ1v) is 6.34. The van der Waals surface area contributed by atoms with E-state index in [0.29, 0.717) is 36.6 Å². The summed E-state index contributed by atoms with van der Waals surface area (Å²) in [6.45, 7) is 0. The van der Waals surface area contributed by atoms with Gasteiger partial charge < -0.3 is 10.2 Å². The molecular formula is C13H12ClF4N3O. The largest absolute Gasteiger partial charge is 0.441 e. The van der Waals surface area contributed by atoms with Gasteiger partial charge in [-0.3, -0.25) is 0 Å². The first-order valence-electron chi connectivity index (χ1n) is 6.34. The number of hydrogen-bond donors (Lipinski definition) is 1. The van der Waals surface area contributed by atoms with E-state index in [9.17, 15) is 17.6 Å². The molecule has 0 aromatic carbocycles. The predicted molar refractivity (Wildman–Crippen MR) is 71.8 cm³/mol. The lowest BCUT2D eigenvalue weighted by Gasteiger charge is -2.14. The van der Waals surface area contributed by atoms with Crippen LogP contribution in [0, 0.1) is 5.82 Å². The molecular weight excluding hydrogens is 326 g/mol. The average molecular weight is 338 g/mol. The van der Waals surface area contributed by atoms with E-state index in [4.69, 9.17) is 10.2 Å². The third-order valence-corrected chi connectivity index (χ3v) is 3.37. The van der Waals surface area contributed by atoms with E-state index in [2.05, 4.69) is 9.97 Å². The fourth-order valence-electron chi connectivity index (χ4n) is 2.32. The number of aryl methyl sites for hydroxylation is 1. The third kappa shape index (κ3) is 2.93. The molecule has 0 amide bonds. The summed E-state index contributed by atoms with van der Waals surface area (Å²) in [4.78, 5) is 7.10. The van der Waals surface area contributed by atoms with Crippen LogP contribution in [0.25, 0.3) is 11.5 Å². The number of nitrogens with zero attached hydrogens (tertiary/aromatic N) is 2. The number of halogens is 5. The summed E-state index contributed by atoms with van der Waals surface area (Å²) in [5, 5.41) is 0. The van der Waals surface area contributed by atoms with Crippen LogP contribution in [0.5, 0.6) is 0 Å². The number of hydrogen-bond acceptors (Lipinski definition) is 4. The van der Waals surface area contributed by atoms with Gasteiger partial charge in [0.15, 0.2) is 5.82 Å². The highest BCUT2D eigenvalue weighted by Crippen LogP contribution is 2.35. The minimum atomic E-state index is -4.66. The van der Waals surface area contributed by atoms with Gasteiger partial charge in [0.05, 0.1) is 23.5 Å². The second-order valence-corrected chi connectivity index (χ2v) is 4.87. The second kappa shape index (κ2) is 5.85. The molecule has 1 atom stereocenters. The Morgan fingerprint density at radius 3 is 2.68 bits per heavy atom. The third-order valence-electron chi connectivity index (χ3n) is 3.37. The Hall–Kier alpha value is -1.67. The van der Waals surface area contributed by atoms with Crippen LogP contribution in [0.15, 0.2) is 16.7 Å². The molecule has 0 fully saturated rings. The summed E-state index contributed by atoms with van der Waals surface area (Å²) >= 11 is 0. The highest BCUT2D eigenvalue weighted by molar-refractivity contribution is 5.85. The molecule has 2 heterocycles. The smallest absolute Gasteiger partial charge is 0.433 e. The van der Waals surface area contributed by atoms with Gasteiger partial charge in [-0.25, -0.2) is 14.4 Å². The summed E-state index contributed by atoms with van der Waals surface area (Å²) in [5.74, 6) is -0.605. The molecule has 1 aliphatic carbocycles. The Bertz CT molecular complexity index is 686. The quantitative estimate of drug-likeness (QED) is 0.807. The number of pyridine rings is 1. The van der Waals surface area contributed by atoms with Gasteiger partial charge in [-0.05, 0) is 18.9 Å². The fraction of sp³-hybridized carbons (Fsp3) is 0.385. The van der Waals surface area contributed by atoms with E-state index >= 15 is 0 Å². The van der Waals surface area contributed by atoms with E-state index in [1.165, 1.54) is 0 Å². The first kappa shape index (κ1) is 16.7. The van der Waals surface area contributed by atoms with Crippen molar-refractivity contribution in [3.8, 4) is 11.5 Å². The van der Waals surface area contributed by atoms with E-state index in [0.717, 1.165) is 6.42 Å². The van der Waals surface area contributed by atoms with E-state index in [-0.39, 0.29) is 29.9 Å².